The number of amides is 3. The molecule has 0 spiro atoms. The molecule has 1 N–H and O–H groups in total. The molecule has 0 fully saturated rings. The highest BCUT2D eigenvalue weighted by Crippen LogP contribution is 2.46. The van der Waals surface area contributed by atoms with Crippen LogP contribution < -0.4 is 15.1 Å². The molecule has 0 saturated carbocycles. The Hall–Kier alpha value is -2.68. The number of likely N-dealkylation sites (N-methyl/N-ethyl adjacent to an activating group) is 1. The molecule has 9 heteroatoms. The summed E-state index contributed by atoms with van der Waals surface area (Å²) in [5.74, 6) is -0.477. The van der Waals surface area contributed by atoms with Crippen molar-refractivity contribution in [3.8, 4) is 0 Å². The third-order valence-electron chi connectivity index (χ3n) is 5.72. The second-order valence-corrected chi connectivity index (χ2v) is 9.07. The van der Waals surface area contributed by atoms with Crippen molar-refractivity contribution in [2.24, 2.45) is 0 Å². The van der Waals surface area contributed by atoms with Crippen LogP contribution in [0.25, 0.3) is 11.1 Å². The minimum absolute atomic E-state index is 0. The minimum Gasteiger partial charge on any atom is -0.354 e. The lowest BCUT2D eigenvalue weighted by Gasteiger charge is -2.18. The molecule has 0 bridgehead atoms. The molecular weight excluding hydrogens is 508 g/mol. The topological polar surface area (TPSA) is 73.0 Å². The lowest BCUT2D eigenvalue weighted by atomic mass is 9.96. The number of nitrogens with one attached hydrogen (secondary N) is 1. The van der Waals surface area contributed by atoms with Gasteiger partial charge in [0.05, 0.1) is 22.5 Å². The van der Waals surface area contributed by atoms with E-state index in [1.165, 1.54) is 0 Å². The largest absolute Gasteiger partial charge is 0.354 e. The zero-order valence-electron chi connectivity index (χ0n) is 18.7. The molecule has 2 aromatic rings. The highest BCUT2D eigenvalue weighted by Gasteiger charge is 2.40. The number of nitrogens with zero attached hydrogens (tertiary/aromatic N) is 3. The van der Waals surface area contributed by atoms with Gasteiger partial charge in [0, 0.05) is 48.7 Å². The Morgan fingerprint density at radius 3 is 2.42 bits per heavy atom. The van der Waals surface area contributed by atoms with Crippen molar-refractivity contribution < 1.29 is 14.4 Å². The van der Waals surface area contributed by atoms with Gasteiger partial charge >= 0.3 is 0 Å². The number of hydrogen-bond donors (Lipinski definition) is 1. The lowest BCUT2D eigenvalue weighted by Crippen LogP contribution is -2.37. The Bertz CT molecular complexity index is 1150. The Balaban J connectivity index is 0.00000306. The number of anilines is 2. The van der Waals surface area contributed by atoms with Gasteiger partial charge in [-0.15, -0.1) is 12.4 Å². The highest BCUT2D eigenvalue weighted by molar-refractivity contribution is 9.10. The van der Waals surface area contributed by atoms with E-state index in [0.29, 0.717) is 37.2 Å². The molecule has 2 aliphatic rings. The molecule has 0 aromatic heterocycles. The average Bonchev–Trinajstić information content (AvgIpc) is 3.17. The first-order valence-electron chi connectivity index (χ1n) is 10.4. The molecule has 3 amide bonds. The summed E-state index contributed by atoms with van der Waals surface area (Å²) in [6.45, 7) is 1.32. The molecule has 4 rings (SSSR count). The van der Waals surface area contributed by atoms with E-state index < -0.39 is 0 Å². The number of para-hydroxylation sites is 1. The van der Waals surface area contributed by atoms with Gasteiger partial charge in [0.25, 0.3) is 11.8 Å². The van der Waals surface area contributed by atoms with Crippen molar-refractivity contribution in [1.82, 2.24) is 10.2 Å². The fourth-order valence-corrected chi connectivity index (χ4v) is 4.46. The molecule has 0 saturated heterocycles. The van der Waals surface area contributed by atoms with E-state index in [0.717, 1.165) is 27.0 Å². The van der Waals surface area contributed by atoms with Gasteiger partial charge in [-0.05, 0) is 38.4 Å². The Morgan fingerprint density at radius 1 is 1.00 bits per heavy atom. The van der Waals surface area contributed by atoms with Crippen LogP contribution in [-0.2, 0) is 14.4 Å². The summed E-state index contributed by atoms with van der Waals surface area (Å²) in [5.41, 5.74) is 3.83. The second kappa shape index (κ2) is 10.1. The van der Waals surface area contributed by atoms with E-state index in [1.54, 1.807) is 16.8 Å². The smallest absolute Gasteiger partial charge is 0.259 e. The Kier molecular flexibility index (Phi) is 7.62. The quantitative estimate of drug-likeness (QED) is 0.579. The third kappa shape index (κ3) is 4.69. The summed E-state index contributed by atoms with van der Waals surface area (Å²) in [5, 5.41) is 2.88. The van der Waals surface area contributed by atoms with E-state index in [-0.39, 0.29) is 30.1 Å². The number of benzene rings is 2. The van der Waals surface area contributed by atoms with Crippen molar-refractivity contribution in [1.29, 1.82) is 0 Å². The summed E-state index contributed by atoms with van der Waals surface area (Å²) in [7, 11) is 5.55. The van der Waals surface area contributed by atoms with Crippen LogP contribution in [0.5, 0.6) is 0 Å². The van der Waals surface area contributed by atoms with E-state index in [4.69, 9.17) is 0 Å². The molecule has 7 nitrogen and oxygen atoms in total. The fourth-order valence-electron chi connectivity index (χ4n) is 4.10. The van der Waals surface area contributed by atoms with Gasteiger partial charge in [0.1, 0.15) is 0 Å². The van der Waals surface area contributed by atoms with E-state index in [9.17, 15) is 14.4 Å². The molecule has 0 aliphatic carbocycles. The Morgan fingerprint density at radius 2 is 1.70 bits per heavy atom. The molecule has 0 atom stereocenters. The summed E-state index contributed by atoms with van der Waals surface area (Å²) < 4.78 is 0.827. The number of rotatable bonds is 6. The standard InChI is InChI=1S/C24H25BrN4O3.ClH/c1-27(2)12-10-20(30)26-11-13-29-19-9-8-15(25)14-17(19)22(24(29)32)21-16-6-4-5-7-18(16)28(3)23(21)31;/h4-9,14H,10-13H2,1-3H3,(H,26,30);1H/b22-21+;. The van der Waals surface area contributed by atoms with Crippen LogP contribution >= 0.6 is 28.3 Å². The lowest BCUT2D eigenvalue weighted by molar-refractivity contribution is -0.121. The van der Waals surface area contributed by atoms with Crippen molar-refractivity contribution in [3.63, 3.8) is 0 Å². The van der Waals surface area contributed by atoms with Crippen LogP contribution in [0.4, 0.5) is 11.4 Å². The number of halogens is 2. The van der Waals surface area contributed by atoms with Crippen molar-refractivity contribution >= 4 is 68.6 Å². The van der Waals surface area contributed by atoms with Crippen molar-refractivity contribution in [3.05, 3.63) is 58.1 Å². The highest BCUT2D eigenvalue weighted by atomic mass is 79.9. The van der Waals surface area contributed by atoms with Crippen molar-refractivity contribution in [2.75, 3.05) is 50.6 Å². The van der Waals surface area contributed by atoms with Crippen LogP contribution in [0.2, 0.25) is 0 Å². The van der Waals surface area contributed by atoms with Gasteiger partial charge in [-0.3, -0.25) is 14.4 Å². The number of carbonyl (C=O) groups is 3. The van der Waals surface area contributed by atoms with Crippen LogP contribution in [0.1, 0.15) is 17.5 Å². The zero-order valence-corrected chi connectivity index (χ0v) is 21.1. The molecule has 0 radical (unpaired) electrons. The fraction of sp³-hybridized carbons (Fsp3) is 0.292. The van der Waals surface area contributed by atoms with Crippen LogP contribution in [0.15, 0.2) is 46.9 Å². The summed E-state index contributed by atoms with van der Waals surface area (Å²) >= 11 is 3.49. The maximum absolute atomic E-state index is 13.6. The number of hydrogen-bond acceptors (Lipinski definition) is 4. The molecular formula is C24H26BrClN4O3. The summed E-state index contributed by atoms with van der Waals surface area (Å²) in [6.07, 6.45) is 0.400. The molecule has 2 aliphatic heterocycles. The van der Waals surface area contributed by atoms with Gasteiger partial charge in [0.15, 0.2) is 0 Å². The van der Waals surface area contributed by atoms with Gasteiger partial charge in [-0.2, -0.15) is 0 Å². The molecule has 174 valence electrons. The maximum Gasteiger partial charge on any atom is 0.259 e. The predicted molar refractivity (Wildman–Crippen MR) is 137 cm³/mol. The van der Waals surface area contributed by atoms with Crippen molar-refractivity contribution in [2.45, 2.75) is 6.42 Å². The molecule has 2 heterocycles. The third-order valence-corrected chi connectivity index (χ3v) is 6.22. The van der Waals surface area contributed by atoms with Gasteiger partial charge in [-0.25, -0.2) is 0 Å². The van der Waals surface area contributed by atoms with E-state index in [1.807, 2.05) is 61.5 Å². The van der Waals surface area contributed by atoms with Gasteiger partial charge < -0.3 is 20.0 Å². The summed E-state index contributed by atoms with van der Waals surface area (Å²) in [4.78, 5) is 44.0. The Labute approximate surface area is 208 Å². The normalized spacial score (nSPS) is 16.8. The van der Waals surface area contributed by atoms with E-state index >= 15 is 0 Å². The van der Waals surface area contributed by atoms with E-state index in [2.05, 4.69) is 21.2 Å². The first-order chi connectivity index (χ1) is 15.3. The summed E-state index contributed by atoms with van der Waals surface area (Å²) in [6, 6.07) is 13.1. The first-order valence-corrected chi connectivity index (χ1v) is 11.2. The minimum atomic E-state index is -0.228. The molecule has 0 unspecified atom stereocenters. The van der Waals surface area contributed by atoms with Crippen LogP contribution in [-0.4, -0.2) is 63.4 Å². The van der Waals surface area contributed by atoms with Crippen LogP contribution in [0.3, 0.4) is 0 Å². The SMILES string of the molecule is CN(C)CCC(=O)NCCN1C(=O)/C(=C2/C(=O)N(C)c3ccccc32)c2cc(Br)ccc21.Cl. The number of carbonyl (C=O) groups excluding carboxylic acids is 3. The van der Waals surface area contributed by atoms with Gasteiger partial charge in [0.2, 0.25) is 5.91 Å². The molecule has 33 heavy (non-hydrogen) atoms. The van der Waals surface area contributed by atoms with Gasteiger partial charge in [-0.1, -0.05) is 34.1 Å². The predicted octanol–water partition coefficient (Wildman–Crippen LogP) is 3.17. The van der Waals surface area contributed by atoms with Crippen LogP contribution in [0, 0.1) is 0 Å². The maximum atomic E-state index is 13.6. The average molecular weight is 534 g/mol. The second-order valence-electron chi connectivity index (χ2n) is 8.15. The number of fused-ring (bicyclic) bond motifs is 2. The molecule has 2 aromatic carbocycles. The monoisotopic (exact) mass is 532 g/mol. The zero-order chi connectivity index (χ0) is 23.0. The first kappa shape index (κ1) is 25.0.